The van der Waals surface area contributed by atoms with Crippen LogP contribution in [-0.2, 0) is 13.6 Å². The summed E-state index contributed by atoms with van der Waals surface area (Å²) in [5, 5.41) is 22.4. The molecule has 4 heteroatoms. The number of nitriles is 1. The molecule has 1 aromatic rings. The Hall–Kier alpha value is -1.31. The van der Waals surface area contributed by atoms with Gasteiger partial charge in [0.2, 0.25) is 0 Å². The molecule has 2 N–H and O–H groups in total. The molecule has 20 heavy (non-hydrogen) atoms. The average molecular weight is 275 g/mol. The van der Waals surface area contributed by atoms with Gasteiger partial charge in [-0.15, -0.1) is 0 Å². The van der Waals surface area contributed by atoms with E-state index < -0.39 is 0 Å². The van der Waals surface area contributed by atoms with Crippen LogP contribution in [0.3, 0.4) is 0 Å². The predicted octanol–water partition coefficient (Wildman–Crippen LogP) is 2.24. The van der Waals surface area contributed by atoms with Crippen LogP contribution >= 0.6 is 0 Å². The van der Waals surface area contributed by atoms with E-state index in [0.29, 0.717) is 18.2 Å². The highest BCUT2D eigenvalue weighted by Crippen LogP contribution is 2.32. The molecule has 0 amide bonds. The van der Waals surface area contributed by atoms with E-state index in [1.54, 1.807) is 0 Å². The van der Waals surface area contributed by atoms with E-state index in [1.165, 1.54) is 12.8 Å². The third-order valence-corrected chi connectivity index (χ3v) is 4.80. The van der Waals surface area contributed by atoms with Crippen molar-refractivity contribution in [1.82, 2.24) is 9.88 Å². The second-order valence-electron chi connectivity index (χ2n) is 6.30. The summed E-state index contributed by atoms with van der Waals surface area (Å²) < 4.78 is 1.92. The van der Waals surface area contributed by atoms with E-state index in [4.69, 9.17) is 5.26 Å². The van der Waals surface area contributed by atoms with Crippen LogP contribution in [-0.4, -0.2) is 21.8 Å². The highest BCUT2D eigenvalue weighted by molar-refractivity contribution is 5.34. The number of hydrogen-bond donors (Lipinski definition) is 2. The van der Waals surface area contributed by atoms with Crippen molar-refractivity contribution < 1.29 is 5.11 Å². The van der Waals surface area contributed by atoms with Gasteiger partial charge in [0.05, 0.1) is 6.61 Å². The molecule has 1 aromatic heterocycles. The van der Waals surface area contributed by atoms with Crippen molar-refractivity contribution in [3.63, 3.8) is 0 Å². The molecule has 0 bridgehead atoms. The van der Waals surface area contributed by atoms with Gasteiger partial charge in [0.1, 0.15) is 11.8 Å². The second-order valence-corrected chi connectivity index (χ2v) is 6.30. The molecule has 2 atom stereocenters. The van der Waals surface area contributed by atoms with E-state index in [1.807, 2.05) is 24.6 Å². The van der Waals surface area contributed by atoms with Crippen molar-refractivity contribution in [2.75, 3.05) is 6.61 Å². The number of aliphatic hydroxyl groups is 1. The fraction of sp³-hybridized carbons (Fsp3) is 0.688. The minimum absolute atomic E-state index is 0.146. The Morgan fingerprint density at radius 3 is 2.90 bits per heavy atom. The first-order valence-corrected chi connectivity index (χ1v) is 7.42. The standard InChI is InChI=1S/C16H25N3O/c1-12-5-4-6-16(8-12,11-20)18-10-14-7-15(9-17)19(3)13(14)2/h7,12,18,20H,4-6,8,10-11H2,1-3H3. The highest BCUT2D eigenvalue weighted by atomic mass is 16.3. The van der Waals surface area contributed by atoms with Crippen molar-refractivity contribution in [2.45, 2.75) is 51.6 Å². The first kappa shape index (κ1) is 15.1. The lowest BCUT2D eigenvalue weighted by Crippen LogP contribution is -2.51. The predicted molar refractivity (Wildman–Crippen MR) is 79.2 cm³/mol. The third kappa shape index (κ3) is 2.89. The summed E-state index contributed by atoms with van der Waals surface area (Å²) in [6.07, 6.45) is 4.49. The first-order chi connectivity index (χ1) is 9.51. The number of aliphatic hydroxyl groups excluding tert-OH is 1. The van der Waals surface area contributed by atoms with Gasteiger partial charge < -0.3 is 15.0 Å². The van der Waals surface area contributed by atoms with Gasteiger partial charge in [0.15, 0.2) is 0 Å². The van der Waals surface area contributed by atoms with Crippen molar-refractivity contribution in [3.8, 4) is 6.07 Å². The molecule has 4 nitrogen and oxygen atoms in total. The van der Waals surface area contributed by atoms with Gasteiger partial charge in [-0.1, -0.05) is 19.8 Å². The number of aromatic nitrogens is 1. The van der Waals surface area contributed by atoms with E-state index in [-0.39, 0.29) is 12.1 Å². The van der Waals surface area contributed by atoms with Gasteiger partial charge in [-0.2, -0.15) is 5.26 Å². The Morgan fingerprint density at radius 2 is 2.35 bits per heavy atom. The van der Waals surface area contributed by atoms with Crippen LogP contribution in [0.1, 0.15) is 49.6 Å². The molecule has 0 aromatic carbocycles. The van der Waals surface area contributed by atoms with Gasteiger partial charge in [-0.05, 0) is 37.3 Å². The SMILES string of the molecule is Cc1c(CNC2(CO)CCCC(C)C2)cc(C#N)n1C. The van der Waals surface area contributed by atoms with Gasteiger partial charge in [-0.25, -0.2) is 0 Å². The van der Waals surface area contributed by atoms with Crippen molar-refractivity contribution in [1.29, 1.82) is 5.26 Å². The Labute approximate surface area is 121 Å². The monoisotopic (exact) mass is 275 g/mol. The van der Waals surface area contributed by atoms with E-state index in [9.17, 15) is 5.11 Å². The molecule has 1 aliphatic carbocycles. The molecule has 0 radical (unpaired) electrons. The van der Waals surface area contributed by atoms with E-state index >= 15 is 0 Å². The summed E-state index contributed by atoms with van der Waals surface area (Å²) in [4.78, 5) is 0. The molecule has 2 rings (SSSR count). The van der Waals surface area contributed by atoms with Crippen molar-refractivity contribution in [2.24, 2.45) is 13.0 Å². The zero-order chi connectivity index (χ0) is 14.8. The number of nitrogens with zero attached hydrogens (tertiary/aromatic N) is 2. The average Bonchev–Trinajstić information content (AvgIpc) is 2.72. The number of rotatable bonds is 4. The highest BCUT2D eigenvalue weighted by Gasteiger charge is 2.33. The molecule has 0 aliphatic heterocycles. The second kappa shape index (κ2) is 5.99. The Balaban J connectivity index is 2.09. The Kier molecular flexibility index (Phi) is 4.52. The summed E-state index contributed by atoms with van der Waals surface area (Å²) in [7, 11) is 1.92. The third-order valence-electron chi connectivity index (χ3n) is 4.80. The van der Waals surface area contributed by atoms with Crippen LogP contribution in [0.15, 0.2) is 6.07 Å². The summed E-state index contributed by atoms with van der Waals surface area (Å²) in [6.45, 7) is 5.20. The Bertz CT molecular complexity index is 515. The zero-order valence-corrected chi connectivity index (χ0v) is 12.7. The molecule has 0 spiro atoms. The Morgan fingerprint density at radius 1 is 1.60 bits per heavy atom. The molecule has 110 valence electrons. The maximum atomic E-state index is 9.79. The van der Waals surface area contributed by atoms with Crippen LogP contribution in [0.4, 0.5) is 0 Å². The van der Waals surface area contributed by atoms with Crippen molar-refractivity contribution >= 4 is 0 Å². The molecule has 1 fully saturated rings. The first-order valence-electron chi connectivity index (χ1n) is 7.42. The van der Waals surface area contributed by atoms with Crippen molar-refractivity contribution in [3.05, 3.63) is 23.0 Å². The minimum Gasteiger partial charge on any atom is -0.394 e. The molecule has 1 aliphatic rings. The van der Waals surface area contributed by atoms with Gasteiger partial charge >= 0.3 is 0 Å². The number of nitrogens with one attached hydrogen (secondary N) is 1. The molecule has 1 saturated carbocycles. The maximum Gasteiger partial charge on any atom is 0.120 e. The lowest BCUT2D eigenvalue weighted by atomic mass is 9.77. The largest absolute Gasteiger partial charge is 0.394 e. The quantitative estimate of drug-likeness (QED) is 0.886. The fourth-order valence-electron chi connectivity index (χ4n) is 3.35. The molecular formula is C16H25N3O. The van der Waals surface area contributed by atoms with Crippen LogP contribution in [0.5, 0.6) is 0 Å². The fourth-order valence-corrected chi connectivity index (χ4v) is 3.35. The normalized spacial score (nSPS) is 26.4. The lowest BCUT2D eigenvalue weighted by molar-refractivity contribution is 0.0982. The topological polar surface area (TPSA) is 61.0 Å². The van der Waals surface area contributed by atoms with Crippen LogP contribution in [0.2, 0.25) is 0 Å². The summed E-state index contributed by atoms with van der Waals surface area (Å²) in [6, 6.07) is 4.15. The summed E-state index contributed by atoms with van der Waals surface area (Å²) in [5.74, 6) is 0.662. The van der Waals surface area contributed by atoms with Gasteiger partial charge in [0.25, 0.3) is 0 Å². The van der Waals surface area contributed by atoms with E-state index in [0.717, 1.165) is 24.1 Å². The zero-order valence-electron chi connectivity index (χ0n) is 12.7. The minimum atomic E-state index is -0.146. The van der Waals surface area contributed by atoms with Gasteiger partial charge in [-0.3, -0.25) is 0 Å². The summed E-state index contributed by atoms with van der Waals surface area (Å²) >= 11 is 0. The smallest absolute Gasteiger partial charge is 0.120 e. The number of hydrogen-bond acceptors (Lipinski definition) is 3. The molecule has 1 heterocycles. The van der Waals surface area contributed by atoms with Crippen LogP contribution < -0.4 is 5.32 Å². The van der Waals surface area contributed by atoms with Crippen LogP contribution in [0, 0.1) is 24.2 Å². The summed E-state index contributed by atoms with van der Waals surface area (Å²) in [5.41, 5.74) is 2.81. The lowest BCUT2D eigenvalue weighted by Gasteiger charge is -2.39. The van der Waals surface area contributed by atoms with Gasteiger partial charge in [0, 0.05) is 24.8 Å². The molecule has 0 saturated heterocycles. The van der Waals surface area contributed by atoms with E-state index in [2.05, 4.69) is 18.3 Å². The van der Waals surface area contributed by atoms with Crippen LogP contribution in [0.25, 0.3) is 0 Å². The maximum absolute atomic E-state index is 9.79. The molecule has 2 unspecified atom stereocenters. The molecular weight excluding hydrogens is 250 g/mol.